The lowest BCUT2D eigenvalue weighted by Gasteiger charge is -2.10. The maximum absolute atomic E-state index is 12.6. The SMILES string of the molecule is O=C(Nc1cc(Cl)ccc1-n1cncn1)c1csc(-c2cccs2)n1. The van der Waals surface area contributed by atoms with Gasteiger partial charge in [0.2, 0.25) is 0 Å². The van der Waals surface area contributed by atoms with Crippen molar-refractivity contribution in [3.05, 3.63) is 64.5 Å². The minimum Gasteiger partial charge on any atom is -0.319 e. The molecule has 6 nitrogen and oxygen atoms in total. The zero-order chi connectivity index (χ0) is 17.2. The highest BCUT2D eigenvalue weighted by molar-refractivity contribution is 7.20. The second-order valence-electron chi connectivity index (χ2n) is 4.97. The number of carbonyl (C=O) groups excluding carboxylic acids is 1. The van der Waals surface area contributed by atoms with Gasteiger partial charge in [-0.1, -0.05) is 17.7 Å². The zero-order valence-electron chi connectivity index (χ0n) is 12.6. The van der Waals surface area contributed by atoms with Crippen molar-refractivity contribution in [1.29, 1.82) is 0 Å². The molecular weight excluding hydrogens is 378 g/mol. The van der Waals surface area contributed by atoms with Crippen LogP contribution in [0.15, 0.2) is 53.7 Å². The molecule has 0 unspecified atom stereocenters. The molecule has 0 aliphatic heterocycles. The van der Waals surface area contributed by atoms with Gasteiger partial charge < -0.3 is 5.32 Å². The lowest BCUT2D eigenvalue weighted by atomic mass is 10.2. The van der Waals surface area contributed by atoms with Gasteiger partial charge in [0.05, 0.1) is 16.3 Å². The summed E-state index contributed by atoms with van der Waals surface area (Å²) in [5.74, 6) is -0.303. The fourth-order valence-electron chi connectivity index (χ4n) is 2.22. The highest BCUT2D eigenvalue weighted by Crippen LogP contribution is 2.29. The average Bonchev–Trinajstić information content (AvgIpc) is 3.35. The molecule has 0 aliphatic carbocycles. The van der Waals surface area contributed by atoms with E-state index in [0.717, 1.165) is 9.88 Å². The first kappa shape index (κ1) is 15.9. The fraction of sp³-hybridized carbons (Fsp3) is 0. The summed E-state index contributed by atoms with van der Waals surface area (Å²) in [6.07, 6.45) is 2.98. The Morgan fingerprint density at radius 2 is 2.16 bits per heavy atom. The maximum Gasteiger partial charge on any atom is 0.275 e. The predicted molar refractivity (Wildman–Crippen MR) is 99.7 cm³/mol. The van der Waals surface area contributed by atoms with Crippen LogP contribution in [-0.2, 0) is 0 Å². The number of anilines is 1. The van der Waals surface area contributed by atoms with E-state index in [1.165, 1.54) is 17.7 Å². The molecule has 3 heterocycles. The first-order valence-electron chi connectivity index (χ1n) is 7.16. The van der Waals surface area contributed by atoms with Crippen LogP contribution >= 0.6 is 34.3 Å². The maximum atomic E-state index is 12.6. The highest BCUT2D eigenvalue weighted by Gasteiger charge is 2.15. The molecule has 4 rings (SSSR count). The molecule has 0 aliphatic rings. The van der Waals surface area contributed by atoms with Crippen molar-refractivity contribution in [3.8, 4) is 15.6 Å². The molecular formula is C16H10ClN5OS2. The van der Waals surface area contributed by atoms with Crippen LogP contribution in [0.3, 0.4) is 0 Å². The molecule has 0 saturated heterocycles. The number of hydrogen-bond donors (Lipinski definition) is 1. The van der Waals surface area contributed by atoms with Gasteiger partial charge in [0.1, 0.15) is 23.4 Å². The third kappa shape index (κ3) is 3.32. The van der Waals surface area contributed by atoms with Crippen LogP contribution in [0.1, 0.15) is 10.5 Å². The van der Waals surface area contributed by atoms with E-state index in [4.69, 9.17) is 11.6 Å². The van der Waals surface area contributed by atoms with Gasteiger partial charge in [-0.2, -0.15) is 5.10 Å². The Bertz CT molecular complexity index is 1010. The second-order valence-corrected chi connectivity index (χ2v) is 7.21. The van der Waals surface area contributed by atoms with Crippen LogP contribution < -0.4 is 5.32 Å². The van der Waals surface area contributed by atoms with Crippen LogP contribution in [0.4, 0.5) is 5.69 Å². The molecule has 0 radical (unpaired) electrons. The Morgan fingerprint density at radius 3 is 2.92 bits per heavy atom. The summed E-state index contributed by atoms with van der Waals surface area (Å²) in [5.41, 5.74) is 1.57. The summed E-state index contributed by atoms with van der Waals surface area (Å²) >= 11 is 9.09. The Labute approximate surface area is 155 Å². The van der Waals surface area contributed by atoms with Crippen LogP contribution in [-0.4, -0.2) is 25.7 Å². The Hall–Kier alpha value is -2.55. The topological polar surface area (TPSA) is 72.7 Å². The summed E-state index contributed by atoms with van der Waals surface area (Å²) < 4.78 is 1.56. The molecule has 124 valence electrons. The Kier molecular flexibility index (Phi) is 4.31. The smallest absolute Gasteiger partial charge is 0.275 e. The van der Waals surface area contributed by atoms with Crippen LogP contribution in [0.5, 0.6) is 0 Å². The van der Waals surface area contributed by atoms with Gasteiger partial charge in [0.25, 0.3) is 5.91 Å². The number of thiazole rings is 1. The molecule has 0 fully saturated rings. The summed E-state index contributed by atoms with van der Waals surface area (Å²) in [7, 11) is 0. The number of halogens is 1. The third-order valence-corrected chi connectivity index (χ3v) is 5.46. The number of nitrogens with one attached hydrogen (secondary N) is 1. The van der Waals surface area contributed by atoms with Crippen molar-refractivity contribution < 1.29 is 4.79 Å². The molecule has 0 bridgehead atoms. The van der Waals surface area contributed by atoms with E-state index in [1.807, 2.05) is 17.5 Å². The fourth-order valence-corrected chi connectivity index (χ4v) is 4.00. The number of thiophene rings is 1. The minimum atomic E-state index is -0.303. The minimum absolute atomic E-state index is 0.303. The van der Waals surface area contributed by atoms with Crippen molar-refractivity contribution in [2.75, 3.05) is 5.32 Å². The molecule has 0 saturated carbocycles. The standard InChI is InChI=1S/C16H10ClN5OS2/c17-10-3-4-13(22-9-18-8-19-22)11(6-10)20-15(23)12-7-25-16(21-12)14-2-1-5-24-14/h1-9H,(H,20,23). The van der Waals surface area contributed by atoms with E-state index >= 15 is 0 Å². The first-order chi connectivity index (χ1) is 12.2. The number of rotatable bonds is 4. The summed E-state index contributed by atoms with van der Waals surface area (Å²) in [5, 5.41) is 12.0. The van der Waals surface area contributed by atoms with Gasteiger partial charge in [-0.3, -0.25) is 4.79 Å². The van der Waals surface area contributed by atoms with Gasteiger partial charge >= 0.3 is 0 Å². The number of hydrogen-bond acceptors (Lipinski definition) is 6. The van der Waals surface area contributed by atoms with Crippen molar-refractivity contribution in [1.82, 2.24) is 19.7 Å². The molecule has 1 N–H and O–H groups in total. The molecule has 4 aromatic rings. The lowest BCUT2D eigenvalue weighted by molar-refractivity contribution is 0.102. The van der Waals surface area contributed by atoms with Crippen molar-refractivity contribution >= 4 is 45.9 Å². The highest BCUT2D eigenvalue weighted by atomic mass is 35.5. The molecule has 9 heteroatoms. The number of aromatic nitrogens is 4. The Morgan fingerprint density at radius 1 is 1.24 bits per heavy atom. The van der Waals surface area contributed by atoms with E-state index in [2.05, 4.69) is 20.4 Å². The van der Waals surface area contributed by atoms with Gasteiger partial charge in [0.15, 0.2) is 0 Å². The van der Waals surface area contributed by atoms with Crippen LogP contribution in [0, 0.1) is 0 Å². The molecule has 0 spiro atoms. The number of nitrogens with zero attached hydrogens (tertiary/aromatic N) is 4. The van der Waals surface area contributed by atoms with E-state index < -0.39 is 0 Å². The predicted octanol–water partition coefficient (Wildman–Crippen LogP) is 4.36. The van der Waals surface area contributed by atoms with Gasteiger partial charge in [0, 0.05) is 10.4 Å². The Balaban J connectivity index is 1.62. The van der Waals surface area contributed by atoms with E-state index in [-0.39, 0.29) is 5.91 Å². The summed E-state index contributed by atoms with van der Waals surface area (Å²) in [6.45, 7) is 0. The van der Waals surface area contributed by atoms with Crippen LogP contribution in [0.2, 0.25) is 5.02 Å². The average molecular weight is 388 g/mol. The largest absolute Gasteiger partial charge is 0.319 e. The van der Waals surface area contributed by atoms with E-state index in [0.29, 0.717) is 22.1 Å². The summed E-state index contributed by atoms with van der Waals surface area (Å²) in [4.78, 5) is 22.0. The molecule has 25 heavy (non-hydrogen) atoms. The van der Waals surface area contributed by atoms with Gasteiger partial charge in [-0.15, -0.1) is 22.7 Å². The van der Waals surface area contributed by atoms with Gasteiger partial charge in [-0.05, 0) is 29.6 Å². The van der Waals surface area contributed by atoms with E-state index in [1.54, 1.807) is 45.9 Å². The van der Waals surface area contributed by atoms with E-state index in [9.17, 15) is 4.79 Å². The normalized spacial score (nSPS) is 10.8. The number of amides is 1. The zero-order valence-corrected chi connectivity index (χ0v) is 15.0. The molecule has 0 atom stereocenters. The molecule has 1 amide bonds. The number of benzene rings is 1. The van der Waals surface area contributed by atoms with Crippen LogP contribution in [0.25, 0.3) is 15.6 Å². The monoisotopic (exact) mass is 387 g/mol. The van der Waals surface area contributed by atoms with Crippen molar-refractivity contribution in [2.45, 2.75) is 0 Å². The molecule has 3 aromatic heterocycles. The lowest BCUT2D eigenvalue weighted by Crippen LogP contribution is -2.14. The van der Waals surface area contributed by atoms with Crippen molar-refractivity contribution in [2.24, 2.45) is 0 Å². The second kappa shape index (κ2) is 6.75. The van der Waals surface area contributed by atoms with Gasteiger partial charge in [-0.25, -0.2) is 14.6 Å². The summed E-state index contributed by atoms with van der Waals surface area (Å²) in [6, 6.07) is 9.10. The van der Waals surface area contributed by atoms with Crippen molar-refractivity contribution in [3.63, 3.8) is 0 Å². The quantitative estimate of drug-likeness (QED) is 0.564. The third-order valence-electron chi connectivity index (χ3n) is 3.34. The first-order valence-corrected chi connectivity index (χ1v) is 9.30. The molecule has 1 aromatic carbocycles. The number of carbonyl (C=O) groups is 1.